The lowest BCUT2D eigenvalue weighted by Crippen LogP contribution is -2.33. The number of ether oxygens (including phenoxy) is 1. The average molecular weight is 240 g/mol. The van der Waals surface area contributed by atoms with Gasteiger partial charge in [0.15, 0.2) is 6.23 Å². The second-order valence-electron chi connectivity index (χ2n) is 3.49. The van der Waals surface area contributed by atoms with Crippen molar-refractivity contribution in [2.24, 2.45) is 0 Å². The van der Waals surface area contributed by atoms with Gasteiger partial charge in [-0.2, -0.15) is 0 Å². The summed E-state index contributed by atoms with van der Waals surface area (Å²) in [6.07, 6.45) is 4.20. The summed E-state index contributed by atoms with van der Waals surface area (Å²) >= 11 is 0. The molecule has 0 aliphatic heterocycles. The normalized spacial score (nSPS) is 13.1. The van der Waals surface area contributed by atoms with E-state index in [1.807, 2.05) is 0 Å². The first-order valence-electron chi connectivity index (χ1n) is 5.27. The minimum Gasteiger partial charge on any atom is -0.394 e. The summed E-state index contributed by atoms with van der Waals surface area (Å²) in [4.78, 5) is 25.0. The molecule has 0 aromatic carbocycles. The first-order valence-corrected chi connectivity index (χ1v) is 5.27. The number of H-pyrrole nitrogens is 1. The van der Waals surface area contributed by atoms with Crippen LogP contribution in [0.2, 0.25) is 0 Å². The van der Waals surface area contributed by atoms with Crippen LogP contribution in [-0.4, -0.2) is 27.9 Å². The highest BCUT2D eigenvalue weighted by molar-refractivity contribution is 5.02. The van der Waals surface area contributed by atoms with Crippen molar-refractivity contribution in [3.8, 4) is 0 Å². The zero-order valence-electron chi connectivity index (χ0n) is 9.84. The number of aromatic nitrogens is 2. The molecule has 2 N–H and O–H groups in total. The van der Waals surface area contributed by atoms with Crippen LogP contribution in [0.4, 0.5) is 0 Å². The van der Waals surface area contributed by atoms with Gasteiger partial charge in [0.2, 0.25) is 0 Å². The van der Waals surface area contributed by atoms with Crippen molar-refractivity contribution in [1.82, 2.24) is 9.55 Å². The number of aliphatic hydroxyl groups is 1. The predicted molar refractivity (Wildman–Crippen MR) is 62.9 cm³/mol. The second kappa shape index (κ2) is 6.17. The molecule has 0 aliphatic carbocycles. The number of allylic oxidation sites excluding steroid dienone is 1. The first-order chi connectivity index (χ1) is 8.10. The zero-order chi connectivity index (χ0) is 12.8. The lowest BCUT2D eigenvalue weighted by Gasteiger charge is -2.16. The number of aliphatic hydroxyl groups excluding tert-OH is 1. The molecule has 6 nitrogen and oxygen atoms in total. The predicted octanol–water partition coefficient (Wildman–Crippen LogP) is -0.0714. The Morgan fingerprint density at radius 1 is 1.59 bits per heavy atom. The van der Waals surface area contributed by atoms with Crippen LogP contribution >= 0.6 is 0 Å². The van der Waals surface area contributed by atoms with Crippen LogP contribution < -0.4 is 11.2 Å². The minimum atomic E-state index is -0.629. The van der Waals surface area contributed by atoms with Crippen molar-refractivity contribution >= 4 is 0 Å². The third-order valence-electron chi connectivity index (χ3n) is 2.16. The van der Waals surface area contributed by atoms with Crippen LogP contribution in [-0.2, 0) is 4.74 Å². The number of rotatable bonds is 5. The van der Waals surface area contributed by atoms with Crippen LogP contribution in [0.25, 0.3) is 0 Å². The van der Waals surface area contributed by atoms with E-state index in [2.05, 4.69) is 4.98 Å². The molecule has 0 saturated carbocycles. The average Bonchev–Trinajstić information content (AvgIpc) is 2.29. The van der Waals surface area contributed by atoms with Gasteiger partial charge in [-0.1, -0.05) is 6.08 Å². The Morgan fingerprint density at radius 3 is 2.88 bits per heavy atom. The molecule has 6 heteroatoms. The van der Waals surface area contributed by atoms with Crippen molar-refractivity contribution in [3.05, 3.63) is 44.8 Å². The Bertz CT molecular complexity index is 501. The fourth-order valence-corrected chi connectivity index (χ4v) is 1.34. The lowest BCUT2D eigenvalue weighted by atomic mass is 10.3. The van der Waals surface area contributed by atoms with Gasteiger partial charge >= 0.3 is 5.69 Å². The molecule has 0 spiro atoms. The van der Waals surface area contributed by atoms with E-state index in [1.54, 1.807) is 26.0 Å². The molecule has 17 heavy (non-hydrogen) atoms. The number of hydrogen-bond donors (Lipinski definition) is 2. The summed E-state index contributed by atoms with van der Waals surface area (Å²) in [5, 5.41) is 8.70. The molecule has 1 aromatic rings. The fraction of sp³-hybridized carbons (Fsp3) is 0.455. The van der Waals surface area contributed by atoms with E-state index in [0.717, 1.165) is 0 Å². The molecule has 0 aliphatic rings. The highest BCUT2D eigenvalue weighted by Gasteiger charge is 2.10. The van der Waals surface area contributed by atoms with E-state index >= 15 is 0 Å². The maximum atomic E-state index is 11.6. The van der Waals surface area contributed by atoms with Gasteiger partial charge < -0.3 is 9.84 Å². The van der Waals surface area contributed by atoms with E-state index in [1.165, 1.54) is 10.8 Å². The quantitative estimate of drug-likeness (QED) is 0.705. The number of aromatic amines is 1. The molecule has 1 rings (SSSR count). The third kappa shape index (κ3) is 3.40. The van der Waals surface area contributed by atoms with E-state index in [9.17, 15) is 9.59 Å². The molecule has 0 fully saturated rings. The fourth-order valence-electron chi connectivity index (χ4n) is 1.34. The van der Waals surface area contributed by atoms with Crippen LogP contribution in [0.1, 0.15) is 18.7 Å². The Hall–Kier alpha value is -1.66. The molecule has 0 amide bonds. The summed E-state index contributed by atoms with van der Waals surface area (Å²) in [7, 11) is 0. The molecule has 0 bridgehead atoms. The first kappa shape index (κ1) is 13.4. The second-order valence-corrected chi connectivity index (χ2v) is 3.49. The van der Waals surface area contributed by atoms with Crippen LogP contribution in [0, 0.1) is 6.92 Å². The Labute approximate surface area is 98.2 Å². The van der Waals surface area contributed by atoms with Crippen molar-refractivity contribution < 1.29 is 9.84 Å². The van der Waals surface area contributed by atoms with Gasteiger partial charge in [0, 0.05) is 11.8 Å². The van der Waals surface area contributed by atoms with Gasteiger partial charge in [0.1, 0.15) is 0 Å². The number of hydrogen-bond acceptors (Lipinski definition) is 4. The standard InChI is InChI=1S/C11H16N2O4/c1-3-4-9(17-6-5-14)13-7-8(2)10(15)12-11(13)16/h3-4,7,9,14H,5-6H2,1-2H3,(H,12,15,16)/b4-3+. The lowest BCUT2D eigenvalue weighted by molar-refractivity contribution is 0.0125. The van der Waals surface area contributed by atoms with Gasteiger partial charge in [0.25, 0.3) is 5.56 Å². The largest absolute Gasteiger partial charge is 0.394 e. The molecule has 1 atom stereocenters. The van der Waals surface area contributed by atoms with E-state index < -0.39 is 17.5 Å². The minimum absolute atomic E-state index is 0.111. The summed E-state index contributed by atoms with van der Waals surface area (Å²) < 4.78 is 6.57. The molecule has 0 saturated heterocycles. The Balaban J connectivity index is 3.14. The molecule has 1 aromatic heterocycles. The molecular weight excluding hydrogens is 224 g/mol. The van der Waals surface area contributed by atoms with Gasteiger partial charge in [0.05, 0.1) is 13.2 Å². The van der Waals surface area contributed by atoms with E-state index in [0.29, 0.717) is 5.56 Å². The van der Waals surface area contributed by atoms with Crippen LogP contribution in [0.3, 0.4) is 0 Å². The smallest absolute Gasteiger partial charge is 0.330 e. The summed E-state index contributed by atoms with van der Waals surface area (Å²) in [6.45, 7) is 3.37. The summed E-state index contributed by atoms with van der Waals surface area (Å²) in [5.74, 6) is 0. The Morgan fingerprint density at radius 2 is 2.29 bits per heavy atom. The number of aryl methyl sites for hydroxylation is 1. The summed E-state index contributed by atoms with van der Waals surface area (Å²) in [5.41, 5.74) is -0.527. The van der Waals surface area contributed by atoms with Crippen molar-refractivity contribution in [2.75, 3.05) is 13.2 Å². The molecule has 0 radical (unpaired) electrons. The summed E-state index contributed by atoms with van der Waals surface area (Å²) in [6, 6.07) is 0. The maximum absolute atomic E-state index is 11.6. The molecule has 94 valence electrons. The van der Waals surface area contributed by atoms with Crippen LogP contribution in [0.5, 0.6) is 0 Å². The van der Waals surface area contributed by atoms with Gasteiger partial charge in [-0.3, -0.25) is 14.3 Å². The maximum Gasteiger partial charge on any atom is 0.330 e. The van der Waals surface area contributed by atoms with Gasteiger partial charge in [-0.05, 0) is 19.9 Å². The monoisotopic (exact) mass is 240 g/mol. The van der Waals surface area contributed by atoms with E-state index in [-0.39, 0.29) is 13.2 Å². The highest BCUT2D eigenvalue weighted by atomic mass is 16.5. The number of nitrogens with zero attached hydrogens (tertiary/aromatic N) is 1. The number of nitrogens with one attached hydrogen (secondary N) is 1. The Kier molecular flexibility index (Phi) is 4.86. The molecular formula is C11H16N2O4. The molecule has 1 heterocycles. The van der Waals surface area contributed by atoms with E-state index in [4.69, 9.17) is 9.84 Å². The van der Waals surface area contributed by atoms with Crippen molar-refractivity contribution in [3.63, 3.8) is 0 Å². The van der Waals surface area contributed by atoms with Gasteiger partial charge in [-0.15, -0.1) is 0 Å². The van der Waals surface area contributed by atoms with Crippen molar-refractivity contribution in [2.45, 2.75) is 20.1 Å². The third-order valence-corrected chi connectivity index (χ3v) is 2.16. The highest BCUT2D eigenvalue weighted by Crippen LogP contribution is 2.07. The molecule has 1 unspecified atom stereocenters. The van der Waals surface area contributed by atoms with Crippen LogP contribution in [0.15, 0.2) is 27.9 Å². The van der Waals surface area contributed by atoms with Gasteiger partial charge in [-0.25, -0.2) is 4.79 Å². The SMILES string of the molecule is C/C=C/C(OCCO)n1cc(C)c(=O)[nH]c1=O. The zero-order valence-corrected chi connectivity index (χ0v) is 9.84. The topological polar surface area (TPSA) is 84.3 Å². The van der Waals surface area contributed by atoms with Crippen molar-refractivity contribution in [1.29, 1.82) is 0 Å².